The molecule has 0 spiro atoms. The van der Waals surface area contributed by atoms with Crippen molar-refractivity contribution >= 4 is 23.9 Å². The summed E-state index contributed by atoms with van der Waals surface area (Å²) in [7, 11) is 0. The van der Waals surface area contributed by atoms with Crippen LogP contribution < -0.4 is 0 Å². The second-order valence-corrected chi connectivity index (χ2v) is 9.83. The average Bonchev–Trinajstić information content (AvgIpc) is 3.14. The first-order valence-electron chi connectivity index (χ1n) is 12.9. The highest BCUT2D eigenvalue weighted by molar-refractivity contribution is 6.13. The van der Waals surface area contributed by atoms with Crippen LogP contribution in [0.25, 0.3) is 0 Å². The monoisotopic (exact) mass is 526 g/mol. The van der Waals surface area contributed by atoms with Crippen LogP contribution in [0.5, 0.6) is 0 Å². The van der Waals surface area contributed by atoms with Crippen LogP contribution in [-0.2, 0) is 23.9 Å². The van der Waals surface area contributed by atoms with Crippen LogP contribution in [0.15, 0.2) is 22.3 Å². The zero-order valence-corrected chi connectivity index (χ0v) is 21.3. The molecule has 0 aromatic heterocycles. The first-order valence-corrected chi connectivity index (χ1v) is 12.9. The number of hydrogen-bond donors (Lipinski definition) is 6. The van der Waals surface area contributed by atoms with Gasteiger partial charge in [-0.05, 0) is 31.6 Å². The number of unbranched alkanes of at least 4 members (excludes halogenated alkanes) is 4. The summed E-state index contributed by atoms with van der Waals surface area (Å²) in [4.78, 5) is 49.8. The number of cyclic esters (lactones) is 2. The van der Waals surface area contributed by atoms with Crippen molar-refractivity contribution in [2.45, 2.75) is 102 Å². The maximum atomic E-state index is 12.6. The molecule has 1 aliphatic carbocycles. The molecule has 2 aliphatic rings. The van der Waals surface area contributed by atoms with E-state index in [1.165, 1.54) is 0 Å². The molecule has 6 atom stereocenters. The van der Waals surface area contributed by atoms with Crippen molar-refractivity contribution in [2.24, 2.45) is 11.8 Å². The lowest BCUT2D eigenvalue weighted by Crippen LogP contribution is -2.39. The summed E-state index contributed by atoms with van der Waals surface area (Å²) in [5.74, 6) is -8.65. The van der Waals surface area contributed by atoms with Crippen molar-refractivity contribution in [1.82, 2.24) is 0 Å². The Hall–Kier alpha value is -2.60. The van der Waals surface area contributed by atoms with Gasteiger partial charge in [0, 0.05) is 11.5 Å². The highest BCUT2D eigenvalue weighted by atomic mass is 16.6. The zero-order chi connectivity index (χ0) is 27.9. The highest BCUT2D eigenvalue weighted by Gasteiger charge is 2.48. The third kappa shape index (κ3) is 7.25. The van der Waals surface area contributed by atoms with Crippen molar-refractivity contribution in [3.63, 3.8) is 0 Å². The Morgan fingerprint density at radius 2 is 1.54 bits per heavy atom. The van der Waals surface area contributed by atoms with E-state index in [-0.39, 0.29) is 18.4 Å². The average molecular weight is 527 g/mol. The van der Waals surface area contributed by atoms with Gasteiger partial charge in [-0.2, -0.15) is 0 Å². The van der Waals surface area contributed by atoms with Gasteiger partial charge in [0.2, 0.25) is 0 Å². The molecule has 0 saturated heterocycles. The maximum absolute atomic E-state index is 12.6. The Kier molecular flexibility index (Phi) is 11.4. The lowest BCUT2D eigenvalue weighted by Gasteiger charge is -2.30. The largest absolute Gasteiger partial charge is 0.478 e. The fraction of sp³-hybridized carbons (Fsp3) is 0.692. The van der Waals surface area contributed by atoms with E-state index in [0.29, 0.717) is 25.7 Å². The van der Waals surface area contributed by atoms with Gasteiger partial charge in [0.1, 0.15) is 0 Å². The molecule has 6 unspecified atom stereocenters. The Balaban J connectivity index is 2.69. The Labute approximate surface area is 215 Å². The topological polar surface area (TPSA) is 199 Å². The molecule has 0 saturated carbocycles. The van der Waals surface area contributed by atoms with Gasteiger partial charge >= 0.3 is 23.9 Å². The van der Waals surface area contributed by atoms with E-state index in [1.54, 1.807) is 0 Å². The zero-order valence-electron chi connectivity index (χ0n) is 21.3. The third-order valence-electron chi connectivity index (χ3n) is 7.19. The van der Waals surface area contributed by atoms with Gasteiger partial charge in [-0.1, -0.05) is 52.4 Å². The van der Waals surface area contributed by atoms with E-state index in [2.05, 4.69) is 4.74 Å². The van der Waals surface area contributed by atoms with Crippen LogP contribution in [0.1, 0.15) is 78.1 Å². The van der Waals surface area contributed by atoms with Crippen molar-refractivity contribution < 1.29 is 54.6 Å². The van der Waals surface area contributed by atoms with Gasteiger partial charge in [-0.3, -0.25) is 0 Å². The van der Waals surface area contributed by atoms with Crippen molar-refractivity contribution in [3.8, 4) is 0 Å². The second kappa shape index (κ2) is 13.8. The van der Waals surface area contributed by atoms with Crippen LogP contribution >= 0.6 is 0 Å². The number of aliphatic hydroxyl groups is 4. The van der Waals surface area contributed by atoms with E-state index in [1.807, 2.05) is 13.8 Å². The van der Waals surface area contributed by atoms with E-state index in [4.69, 9.17) is 0 Å². The Morgan fingerprint density at radius 1 is 0.892 bits per heavy atom. The molecule has 208 valence electrons. The van der Waals surface area contributed by atoms with Crippen LogP contribution in [0.4, 0.5) is 0 Å². The number of carboxylic acid groups (broad SMARTS) is 2. The molecule has 0 aromatic carbocycles. The lowest BCUT2D eigenvalue weighted by molar-refractivity contribution is -0.152. The number of rotatable bonds is 13. The molecule has 0 radical (unpaired) electrons. The van der Waals surface area contributed by atoms with Gasteiger partial charge in [0.25, 0.3) is 0 Å². The first kappa shape index (κ1) is 30.6. The van der Waals surface area contributed by atoms with Gasteiger partial charge in [0.15, 0.2) is 0 Å². The van der Waals surface area contributed by atoms with Crippen molar-refractivity contribution in [1.29, 1.82) is 0 Å². The smallest absolute Gasteiger partial charge is 0.345 e. The first-order chi connectivity index (χ1) is 17.5. The van der Waals surface area contributed by atoms with Crippen molar-refractivity contribution in [2.75, 3.05) is 0 Å². The minimum absolute atomic E-state index is 0.0127. The van der Waals surface area contributed by atoms with Gasteiger partial charge < -0.3 is 35.4 Å². The minimum atomic E-state index is -2.04. The quantitative estimate of drug-likeness (QED) is 0.115. The van der Waals surface area contributed by atoms with Crippen LogP contribution in [0.2, 0.25) is 0 Å². The molecule has 11 nitrogen and oxygen atoms in total. The van der Waals surface area contributed by atoms with Gasteiger partial charge in [0.05, 0.1) is 41.1 Å². The number of carbonyl (C=O) groups excluding carboxylic acids is 2. The summed E-state index contributed by atoms with van der Waals surface area (Å²) < 4.78 is 4.68. The van der Waals surface area contributed by atoms with Crippen LogP contribution in [-0.4, -0.2) is 78.9 Å². The molecule has 0 aromatic rings. The number of hydrogen-bond acceptors (Lipinski definition) is 9. The van der Waals surface area contributed by atoms with Crippen molar-refractivity contribution in [3.05, 3.63) is 22.3 Å². The number of carboxylic acids is 2. The third-order valence-corrected chi connectivity index (χ3v) is 7.19. The van der Waals surface area contributed by atoms with E-state index in [9.17, 15) is 49.8 Å². The molecule has 1 heterocycles. The summed E-state index contributed by atoms with van der Waals surface area (Å²) in [5.41, 5.74) is -2.39. The number of aliphatic hydroxyl groups excluding tert-OH is 4. The van der Waals surface area contributed by atoms with E-state index < -0.39 is 89.7 Å². The maximum Gasteiger partial charge on any atom is 0.345 e. The molecular weight excluding hydrogens is 488 g/mol. The molecule has 0 bridgehead atoms. The fourth-order valence-corrected chi connectivity index (χ4v) is 5.15. The molecule has 0 amide bonds. The standard InChI is InChI=1S/C26H38O11/c1-3-5-7-8-10-16(27)20-18(24(33)34)14(23(31)32)11-13(21(29)17(28)9-6-4-2)12-15-19(22(20)30)26(36)37-25(15)35/h13,16-17,20-22,27-30H,3-12H2,1-2H3,(H,31,32)(H,33,34). The van der Waals surface area contributed by atoms with Crippen LogP contribution in [0.3, 0.4) is 0 Å². The number of carbonyl (C=O) groups is 4. The summed E-state index contributed by atoms with van der Waals surface area (Å²) >= 11 is 0. The predicted octanol–water partition coefficient (Wildman–Crippen LogP) is 1.46. The summed E-state index contributed by atoms with van der Waals surface area (Å²) in [6.07, 6.45) is -3.18. The van der Waals surface area contributed by atoms with Crippen LogP contribution in [0, 0.1) is 11.8 Å². The van der Waals surface area contributed by atoms with Gasteiger partial charge in [-0.25, -0.2) is 19.2 Å². The molecule has 1 aliphatic heterocycles. The summed E-state index contributed by atoms with van der Waals surface area (Å²) in [6.45, 7) is 3.85. The number of aliphatic carboxylic acids is 2. The summed E-state index contributed by atoms with van der Waals surface area (Å²) in [6, 6.07) is 0. The minimum Gasteiger partial charge on any atom is -0.478 e. The van der Waals surface area contributed by atoms with Gasteiger partial charge in [-0.15, -0.1) is 0 Å². The highest BCUT2D eigenvalue weighted by Crippen LogP contribution is 2.40. The molecule has 0 fully saturated rings. The molecule has 6 N–H and O–H groups in total. The second-order valence-electron chi connectivity index (χ2n) is 9.83. The molecule has 11 heteroatoms. The predicted molar refractivity (Wildman–Crippen MR) is 129 cm³/mol. The lowest BCUT2D eigenvalue weighted by atomic mass is 9.79. The Morgan fingerprint density at radius 3 is 2.11 bits per heavy atom. The molecule has 37 heavy (non-hydrogen) atoms. The number of ether oxygens (including phenoxy) is 1. The Bertz CT molecular complexity index is 935. The summed E-state index contributed by atoms with van der Waals surface area (Å²) in [5, 5.41) is 63.7. The van der Waals surface area contributed by atoms with E-state index >= 15 is 0 Å². The molecular formula is C26H38O11. The SMILES string of the molecule is CCCCCCC(O)C1C(C(=O)O)=C(C(=O)O)CC(C(O)C(O)CCCC)CC2=C(C(=O)OC2=O)C1O. The normalized spacial score (nSPS) is 25.1. The fourth-order valence-electron chi connectivity index (χ4n) is 5.15. The van der Waals surface area contributed by atoms with E-state index in [0.717, 1.165) is 12.8 Å². The number of esters is 2. The molecule has 2 rings (SSSR count).